The Labute approximate surface area is 70.1 Å². The Balaban J connectivity index is 2.37. The molecule has 0 aliphatic carbocycles. The molecule has 2 aliphatic heterocycles. The highest BCUT2D eigenvalue weighted by molar-refractivity contribution is 5.12. The molecule has 4 N–H and O–H groups in total. The van der Waals surface area contributed by atoms with Gasteiger partial charge in [-0.1, -0.05) is 0 Å². The zero-order chi connectivity index (χ0) is 8.98. The maximum absolute atomic E-state index is 9.50. The van der Waals surface area contributed by atoms with Crippen molar-refractivity contribution in [2.75, 3.05) is 13.2 Å². The van der Waals surface area contributed by atoms with Crippen LogP contribution in [0.15, 0.2) is 0 Å². The van der Waals surface area contributed by atoms with Gasteiger partial charge in [-0.3, -0.25) is 5.73 Å². The van der Waals surface area contributed by atoms with Gasteiger partial charge in [0.2, 0.25) is 0 Å². The zero-order valence-corrected chi connectivity index (χ0v) is 6.86. The van der Waals surface area contributed by atoms with E-state index in [-0.39, 0.29) is 13.2 Å². The molecule has 0 aromatic heterocycles. The lowest BCUT2D eigenvalue weighted by Gasteiger charge is -2.33. The standard InChI is InChI=1S/C7H13NO4/c1-6-4(9)2-12-7(6,8)5(10)3-11-6/h4-5,9-10H,2-3,8H2,1H3/t4?,5?,6-,7-/m1/s1. The second kappa shape index (κ2) is 2.18. The molecule has 0 amide bonds. The van der Waals surface area contributed by atoms with Gasteiger partial charge in [-0.15, -0.1) is 0 Å². The fourth-order valence-electron chi connectivity index (χ4n) is 1.79. The van der Waals surface area contributed by atoms with Gasteiger partial charge in [0.15, 0.2) is 5.72 Å². The number of ether oxygens (including phenoxy) is 2. The average Bonchev–Trinajstić information content (AvgIpc) is 2.39. The van der Waals surface area contributed by atoms with E-state index >= 15 is 0 Å². The number of aliphatic hydroxyl groups excluding tert-OH is 2. The highest BCUT2D eigenvalue weighted by atomic mass is 16.6. The monoisotopic (exact) mass is 175 g/mol. The molecule has 2 unspecified atom stereocenters. The highest BCUT2D eigenvalue weighted by Crippen LogP contribution is 2.42. The molecule has 2 saturated heterocycles. The Bertz CT molecular complexity index is 190. The number of hydrogen-bond donors (Lipinski definition) is 3. The smallest absolute Gasteiger partial charge is 0.176 e. The first-order chi connectivity index (χ1) is 5.51. The maximum atomic E-state index is 9.50. The second-order valence-electron chi connectivity index (χ2n) is 3.55. The predicted octanol–water partition coefficient (Wildman–Crippen LogP) is -1.82. The van der Waals surface area contributed by atoms with Crippen LogP contribution >= 0.6 is 0 Å². The summed E-state index contributed by atoms with van der Waals surface area (Å²) < 4.78 is 10.4. The summed E-state index contributed by atoms with van der Waals surface area (Å²) in [5.41, 5.74) is 3.57. The number of aliphatic hydroxyl groups is 2. The molecule has 5 nitrogen and oxygen atoms in total. The van der Waals surface area contributed by atoms with Crippen LogP contribution in [0.2, 0.25) is 0 Å². The molecule has 2 heterocycles. The Morgan fingerprint density at radius 1 is 1.25 bits per heavy atom. The van der Waals surface area contributed by atoms with Crippen molar-refractivity contribution in [3.8, 4) is 0 Å². The summed E-state index contributed by atoms with van der Waals surface area (Å²) in [6, 6.07) is 0. The van der Waals surface area contributed by atoms with E-state index < -0.39 is 23.5 Å². The van der Waals surface area contributed by atoms with Crippen LogP contribution in [0.1, 0.15) is 6.92 Å². The van der Waals surface area contributed by atoms with Crippen LogP contribution in [0.5, 0.6) is 0 Å². The molecule has 12 heavy (non-hydrogen) atoms. The fourth-order valence-corrected chi connectivity index (χ4v) is 1.79. The van der Waals surface area contributed by atoms with Crippen LogP contribution in [-0.4, -0.2) is 47.0 Å². The Hall–Kier alpha value is -0.200. The van der Waals surface area contributed by atoms with Gasteiger partial charge in [0.1, 0.15) is 17.8 Å². The van der Waals surface area contributed by atoms with Crippen molar-refractivity contribution in [2.24, 2.45) is 5.73 Å². The lowest BCUT2D eigenvalue weighted by molar-refractivity contribution is -0.114. The summed E-state index contributed by atoms with van der Waals surface area (Å²) in [5.74, 6) is 0. The van der Waals surface area contributed by atoms with E-state index in [2.05, 4.69) is 0 Å². The van der Waals surface area contributed by atoms with E-state index in [1.807, 2.05) is 0 Å². The number of nitrogens with two attached hydrogens (primary N) is 1. The second-order valence-corrected chi connectivity index (χ2v) is 3.55. The molecule has 2 fully saturated rings. The third kappa shape index (κ3) is 0.705. The first-order valence-electron chi connectivity index (χ1n) is 3.93. The zero-order valence-electron chi connectivity index (χ0n) is 6.86. The number of hydrogen-bond acceptors (Lipinski definition) is 5. The van der Waals surface area contributed by atoms with Crippen LogP contribution in [0, 0.1) is 0 Å². The van der Waals surface area contributed by atoms with Crippen LogP contribution in [0.25, 0.3) is 0 Å². The minimum Gasteiger partial charge on any atom is -0.388 e. The van der Waals surface area contributed by atoms with Crippen molar-refractivity contribution in [1.82, 2.24) is 0 Å². The molecular formula is C7H13NO4. The SMILES string of the molecule is C[C@]12OCC(O)[C@@]1(N)OCC2O. The number of rotatable bonds is 0. The van der Waals surface area contributed by atoms with Crippen molar-refractivity contribution < 1.29 is 19.7 Å². The molecule has 0 saturated carbocycles. The Morgan fingerprint density at radius 2 is 1.83 bits per heavy atom. The molecule has 0 bridgehead atoms. The topological polar surface area (TPSA) is 84.9 Å². The van der Waals surface area contributed by atoms with Crippen LogP contribution in [0.4, 0.5) is 0 Å². The fraction of sp³-hybridized carbons (Fsp3) is 1.00. The summed E-state index contributed by atoms with van der Waals surface area (Å²) in [6.07, 6.45) is -1.63. The summed E-state index contributed by atoms with van der Waals surface area (Å²) in [4.78, 5) is 0. The minimum absolute atomic E-state index is 0.115. The summed E-state index contributed by atoms with van der Waals surface area (Å²) in [5, 5.41) is 19.0. The van der Waals surface area contributed by atoms with Gasteiger partial charge >= 0.3 is 0 Å². The Kier molecular flexibility index (Phi) is 1.53. The van der Waals surface area contributed by atoms with E-state index in [1.165, 1.54) is 0 Å². The van der Waals surface area contributed by atoms with Gasteiger partial charge in [0.25, 0.3) is 0 Å². The van der Waals surface area contributed by atoms with Crippen molar-refractivity contribution >= 4 is 0 Å². The highest BCUT2D eigenvalue weighted by Gasteiger charge is 2.65. The van der Waals surface area contributed by atoms with Gasteiger partial charge in [-0.25, -0.2) is 0 Å². The van der Waals surface area contributed by atoms with Crippen LogP contribution < -0.4 is 5.73 Å². The molecular weight excluding hydrogens is 162 g/mol. The van der Waals surface area contributed by atoms with Crippen molar-refractivity contribution in [2.45, 2.75) is 30.5 Å². The third-order valence-corrected chi connectivity index (χ3v) is 2.93. The van der Waals surface area contributed by atoms with Gasteiger partial charge in [0.05, 0.1) is 13.2 Å². The van der Waals surface area contributed by atoms with E-state index in [0.29, 0.717) is 0 Å². The van der Waals surface area contributed by atoms with Crippen molar-refractivity contribution in [1.29, 1.82) is 0 Å². The van der Waals surface area contributed by atoms with Gasteiger partial charge in [-0.2, -0.15) is 0 Å². The van der Waals surface area contributed by atoms with Gasteiger partial charge < -0.3 is 19.7 Å². The quantitative estimate of drug-likeness (QED) is 0.404. The molecule has 0 aromatic carbocycles. The van der Waals surface area contributed by atoms with Gasteiger partial charge in [0, 0.05) is 0 Å². The molecule has 0 radical (unpaired) electrons. The van der Waals surface area contributed by atoms with Crippen molar-refractivity contribution in [3.05, 3.63) is 0 Å². The predicted molar refractivity (Wildman–Crippen MR) is 39.2 cm³/mol. The first kappa shape index (κ1) is 8.40. The van der Waals surface area contributed by atoms with Gasteiger partial charge in [-0.05, 0) is 6.92 Å². The lowest BCUT2D eigenvalue weighted by atomic mass is 9.89. The molecule has 2 aliphatic rings. The number of fused-ring (bicyclic) bond motifs is 1. The maximum Gasteiger partial charge on any atom is 0.176 e. The molecule has 0 spiro atoms. The van der Waals surface area contributed by atoms with Crippen LogP contribution in [0.3, 0.4) is 0 Å². The Morgan fingerprint density at radius 3 is 2.42 bits per heavy atom. The van der Waals surface area contributed by atoms with E-state index in [1.54, 1.807) is 6.92 Å². The summed E-state index contributed by atoms with van der Waals surface area (Å²) in [7, 11) is 0. The molecule has 5 heteroatoms. The van der Waals surface area contributed by atoms with E-state index in [0.717, 1.165) is 0 Å². The largest absolute Gasteiger partial charge is 0.388 e. The molecule has 0 aromatic rings. The summed E-state index contributed by atoms with van der Waals surface area (Å²) >= 11 is 0. The minimum atomic E-state index is -1.24. The third-order valence-electron chi connectivity index (χ3n) is 2.93. The summed E-state index contributed by atoms with van der Waals surface area (Å²) in [6.45, 7) is 1.88. The van der Waals surface area contributed by atoms with Crippen molar-refractivity contribution in [3.63, 3.8) is 0 Å². The normalized spacial score (nSPS) is 59.0. The first-order valence-corrected chi connectivity index (χ1v) is 3.93. The molecule has 4 atom stereocenters. The molecule has 70 valence electrons. The van der Waals surface area contributed by atoms with E-state index in [4.69, 9.17) is 15.2 Å². The average molecular weight is 175 g/mol. The van der Waals surface area contributed by atoms with E-state index in [9.17, 15) is 10.2 Å². The lowest BCUT2D eigenvalue weighted by Crippen LogP contribution is -2.62. The van der Waals surface area contributed by atoms with Crippen LogP contribution in [-0.2, 0) is 9.47 Å². The molecule has 2 rings (SSSR count).